The summed E-state index contributed by atoms with van der Waals surface area (Å²) in [7, 11) is 0. The van der Waals surface area contributed by atoms with Crippen LogP contribution in [0.2, 0.25) is 0 Å². The van der Waals surface area contributed by atoms with Gasteiger partial charge in [-0.1, -0.05) is 42.4 Å². The Labute approximate surface area is 89.6 Å². The van der Waals surface area contributed by atoms with Crippen LogP contribution in [0.5, 0.6) is 0 Å². The quantitative estimate of drug-likeness (QED) is 0.502. The van der Waals surface area contributed by atoms with Crippen molar-refractivity contribution in [2.24, 2.45) is 17.8 Å². The molecule has 70 valence electrons. The average Bonchev–Trinajstić information content (AvgIpc) is 2.04. The van der Waals surface area contributed by atoms with Gasteiger partial charge in [0, 0.05) is 3.92 Å². The fourth-order valence-electron chi connectivity index (χ4n) is 3.25. The third kappa shape index (κ3) is 1.80. The van der Waals surface area contributed by atoms with Gasteiger partial charge in [0.25, 0.3) is 0 Å². The van der Waals surface area contributed by atoms with Gasteiger partial charge in [-0.3, -0.25) is 0 Å². The highest BCUT2D eigenvalue weighted by Crippen LogP contribution is 2.46. The zero-order valence-electron chi connectivity index (χ0n) is 7.93. The van der Waals surface area contributed by atoms with Gasteiger partial charge in [-0.25, -0.2) is 0 Å². The largest absolute Gasteiger partial charge is 0.0826 e. The molecule has 0 amide bonds. The highest BCUT2D eigenvalue weighted by Gasteiger charge is 2.35. The monoisotopic (exact) mass is 278 g/mol. The molecule has 12 heavy (non-hydrogen) atoms. The molecule has 0 heterocycles. The number of halogens is 1. The van der Waals surface area contributed by atoms with E-state index in [9.17, 15) is 0 Å². The molecular weight excluding hydrogens is 259 g/mol. The normalized spacial score (nSPS) is 47.5. The van der Waals surface area contributed by atoms with Crippen LogP contribution in [0, 0.1) is 17.8 Å². The highest BCUT2D eigenvalue weighted by molar-refractivity contribution is 14.1. The molecule has 0 radical (unpaired) electrons. The predicted octanol–water partition coefficient (Wildman–Crippen LogP) is 4.03. The van der Waals surface area contributed by atoms with Gasteiger partial charge in [-0.15, -0.1) is 0 Å². The third-order valence-corrected chi connectivity index (χ3v) is 4.94. The van der Waals surface area contributed by atoms with Crippen LogP contribution in [0.3, 0.4) is 0 Å². The minimum absolute atomic E-state index is 1.00. The first-order valence-electron chi connectivity index (χ1n) is 5.43. The van der Waals surface area contributed by atoms with Crippen molar-refractivity contribution in [1.82, 2.24) is 0 Å². The lowest BCUT2D eigenvalue weighted by atomic mass is 9.66. The van der Waals surface area contributed by atoms with Crippen molar-refractivity contribution in [3.63, 3.8) is 0 Å². The maximum atomic E-state index is 2.67. The lowest BCUT2D eigenvalue weighted by Crippen LogP contribution is -2.32. The first-order chi connectivity index (χ1) is 5.79. The number of rotatable bonds is 1. The molecule has 0 spiro atoms. The van der Waals surface area contributed by atoms with E-state index in [1.807, 2.05) is 0 Å². The fraction of sp³-hybridized carbons (Fsp3) is 1.00. The summed E-state index contributed by atoms with van der Waals surface area (Å²) >= 11 is 2.67. The Morgan fingerprint density at radius 2 is 2.00 bits per heavy atom. The van der Waals surface area contributed by atoms with Crippen LogP contribution < -0.4 is 0 Å². The Balaban J connectivity index is 2.00. The van der Waals surface area contributed by atoms with E-state index in [-0.39, 0.29) is 0 Å². The van der Waals surface area contributed by atoms with Gasteiger partial charge >= 0.3 is 0 Å². The Morgan fingerprint density at radius 1 is 1.17 bits per heavy atom. The Morgan fingerprint density at radius 3 is 2.75 bits per heavy atom. The zero-order valence-corrected chi connectivity index (χ0v) is 10.1. The van der Waals surface area contributed by atoms with E-state index in [4.69, 9.17) is 0 Å². The molecule has 0 N–H and O–H groups in total. The molecule has 2 bridgehead atoms. The Kier molecular flexibility index (Phi) is 2.98. The van der Waals surface area contributed by atoms with Crippen molar-refractivity contribution < 1.29 is 0 Å². The zero-order chi connectivity index (χ0) is 8.55. The van der Waals surface area contributed by atoms with Crippen molar-refractivity contribution >= 4 is 22.6 Å². The molecule has 2 aliphatic carbocycles. The number of fused-ring (bicyclic) bond motifs is 2. The van der Waals surface area contributed by atoms with Crippen LogP contribution >= 0.6 is 22.6 Å². The molecule has 0 aliphatic heterocycles. The van der Waals surface area contributed by atoms with Gasteiger partial charge in [-0.2, -0.15) is 0 Å². The third-order valence-electron chi connectivity index (χ3n) is 3.92. The molecular formula is C11H19I. The van der Waals surface area contributed by atoms with E-state index in [1.165, 1.54) is 32.1 Å². The van der Waals surface area contributed by atoms with Crippen molar-refractivity contribution in [2.45, 2.75) is 49.4 Å². The van der Waals surface area contributed by atoms with Gasteiger partial charge in [0.1, 0.15) is 0 Å². The predicted molar refractivity (Wildman–Crippen MR) is 61.7 cm³/mol. The first-order valence-corrected chi connectivity index (χ1v) is 6.68. The van der Waals surface area contributed by atoms with E-state index >= 15 is 0 Å². The molecule has 0 aromatic rings. The van der Waals surface area contributed by atoms with Crippen LogP contribution in [0.1, 0.15) is 45.4 Å². The number of alkyl halides is 1. The second kappa shape index (κ2) is 3.85. The standard InChI is InChI=1S/C11H19I/c1-2-9-4-3-8-5-10(9)7-11(12)6-8/h8-11H,2-7H2,1H3. The minimum Gasteiger partial charge on any atom is -0.0826 e. The lowest BCUT2D eigenvalue weighted by molar-refractivity contribution is 0.126. The summed E-state index contributed by atoms with van der Waals surface area (Å²) in [5.41, 5.74) is 0. The average molecular weight is 278 g/mol. The van der Waals surface area contributed by atoms with E-state index < -0.39 is 0 Å². The van der Waals surface area contributed by atoms with Gasteiger partial charge < -0.3 is 0 Å². The second-order valence-electron chi connectivity index (χ2n) is 4.68. The summed E-state index contributed by atoms with van der Waals surface area (Å²) in [6.07, 6.45) is 9.12. The molecule has 0 aromatic carbocycles. The molecule has 0 nitrogen and oxygen atoms in total. The van der Waals surface area contributed by atoms with Crippen molar-refractivity contribution in [3.8, 4) is 0 Å². The summed E-state index contributed by atoms with van der Waals surface area (Å²) in [5.74, 6) is 3.29. The first kappa shape index (κ1) is 9.29. The summed E-state index contributed by atoms with van der Waals surface area (Å²) in [5, 5.41) is 0. The summed E-state index contributed by atoms with van der Waals surface area (Å²) < 4.78 is 1.00. The molecule has 4 unspecified atom stereocenters. The van der Waals surface area contributed by atoms with Crippen molar-refractivity contribution in [3.05, 3.63) is 0 Å². The fourth-order valence-corrected chi connectivity index (χ4v) is 4.62. The Bertz CT molecular complexity index is 153. The molecule has 0 saturated heterocycles. The van der Waals surface area contributed by atoms with Gasteiger partial charge in [-0.05, 0) is 43.4 Å². The van der Waals surface area contributed by atoms with Crippen LogP contribution in [0.25, 0.3) is 0 Å². The Hall–Kier alpha value is 0.730. The van der Waals surface area contributed by atoms with Crippen molar-refractivity contribution in [1.29, 1.82) is 0 Å². The number of hydrogen-bond acceptors (Lipinski definition) is 0. The highest BCUT2D eigenvalue weighted by atomic mass is 127. The van der Waals surface area contributed by atoms with Crippen LogP contribution in [-0.2, 0) is 0 Å². The topological polar surface area (TPSA) is 0 Å². The molecule has 4 atom stereocenters. The molecule has 2 saturated carbocycles. The van der Waals surface area contributed by atoms with Gasteiger partial charge in [0.15, 0.2) is 0 Å². The smallest absolute Gasteiger partial charge is 0.0115 e. The van der Waals surface area contributed by atoms with E-state index in [0.29, 0.717) is 0 Å². The SMILES string of the molecule is CCC1CCC2CC(I)CC1C2. The number of hydrogen-bond donors (Lipinski definition) is 0. The van der Waals surface area contributed by atoms with E-state index in [0.717, 1.165) is 21.7 Å². The molecule has 2 rings (SSSR count). The van der Waals surface area contributed by atoms with Gasteiger partial charge in [0.05, 0.1) is 0 Å². The van der Waals surface area contributed by atoms with Crippen LogP contribution in [-0.4, -0.2) is 3.92 Å². The molecule has 1 heteroatoms. The van der Waals surface area contributed by atoms with Gasteiger partial charge in [0.2, 0.25) is 0 Å². The van der Waals surface area contributed by atoms with Crippen LogP contribution in [0.15, 0.2) is 0 Å². The van der Waals surface area contributed by atoms with Crippen molar-refractivity contribution in [2.75, 3.05) is 0 Å². The van der Waals surface area contributed by atoms with E-state index in [1.54, 1.807) is 6.42 Å². The molecule has 2 aliphatic rings. The maximum absolute atomic E-state index is 2.67. The maximum Gasteiger partial charge on any atom is 0.0115 e. The molecule has 0 aromatic heterocycles. The summed E-state index contributed by atoms with van der Waals surface area (Å²) in [6, 6.07) is 0. The summed E-state index contributed by atoms with van der Waals surface area (Å²) in [4.78, 5) is 0. The lowest BCUT2D eigenvalue weighted by Gasteiger charge is -2.42. The van der Waals surface area contributed by atoms with Crippen LogP contribution in [0.4, 0.5) is 0 Å². The summed E-state index contributed by atoms with van der Waals surface area (Å²) in [6.45, 7) is 2.38. The minimum atomic E-state index is 1.00. The van der Waals surface area contributed by atoms with E-state index in [2.05, 4.69) is 29.5 Å². The molecule has 2 fully saturated rings. The second-order valence-corrected chi connectivity index (χ2v) is 6.44.